The topological polar surface area (TPSA) is 69.6 Å². The Bertz CT molecular complexity index is 637. The van der Waals surface area contributed by atoms with Gasteiger partial charge in [-0.15, -0.1) is 0 Å². The molecule has 0 bridgehead atoms. The van der Waals surface area contributed by atoms with Crippen LogP contribution in [0.25, 0.3) is 0 Å². The number of carbonyl (C=O) groups is 1. The number of carbonyl (C=O) groups excluding carboxylic acids is 1. The van der Waals surface area contributed by atoms with Gasteiger partial charge in [-0.2, -0.15) is 0 Å². The lowest BCUT2D eigenvalue weighted by atomic mass is 10.0. The molecule has 0 aromatic heterocycles. The summed E-state index contributed by atoms with van der Waals surface area (Å²) in [6.07, 6.45) is 0. The predicted octanol–water partition coefficient (Wildman–Crippen LogP) is 3.09. The minimum Gasteiger partial charge on any atom is -0.504 e. The van der Waals surface area contributed by atoms with Gasteiger partial charge >= 0.3 is 0 Å². The van der Waals surface area contributed by atoms with Crippen LogP contribution in [0.2, 0.25) is 0 Å². The number of aromatic hydroxyl groups is 2. The lowest BCUT2D eigenvalue weighted by molar-refractivity contribution is 0.0975. The molecule has 0 spiro atoms. The fourth-order valence-corrected chi connectivity index (χ4v) is 1.98. The van der Waals surface area contributed by atoms with Crippen molar-refractivity contribution in [2.45, 2.75) is 19.9 Å². The Labute approximate surface area is 117 Å². The van der Waals surface area contributed by atoms with Gasteiger partial charge in [-0.1, -0.05) is 12.1 Å². The number of aryl methyl sites for hydroxylation is 1. The third-order valence-corrected chi connectivity index (χ3v) is 3.05. The second-order valence-corrected chi connectivity index (χ2v) is 4.80. The highest BCUT2D eigenvalue weighted by atomic mass is 16.3. The van der Waals surface area contributed by atoms with Gasteiger partial charge in [-0.05, 0) is 49.7 Å². The highest BCUT2D eigenvalue weighted by Gasteiger charge is 2.16. The minimum atomic E-state index is -0.430. The molecule has 1 atom stereocenters. The molecular weight excluding hydrogens is 254 g/mol. The second kappa shape index (κ2) is 5.65. The van der Waals surface area contributed by atoms with Gasteiger partial charge in [0.1, 0.15) is 0 Å². The molecule has 1 unspecified atom stereocenters. The molecule has 0 amide bonds. The number of hydrogen-bond donors (Lipinski definition) is 3. The maximum absolute atomic E-state index is 12.2. The van der Waals surface area contributed by atoms with Crippen molar-refractivity contribution in [3.8, 4) is 11.5 Å². The van der Waals surface area contributed by atoms with Crippen LogP contribution in [0.1, 0.15) is 22.8 Å². The van der Waals surface area contributed by atoms with E-state index in [-0.39, 0.29) is 17.3 Å². The van der Waals surface area contributed by atoms with E-state index in [2.05, 4.69) is 5.32 Å². The standard InChI is InChI=1S/C16H17NO3/c1-10-4-3-5-13(8-10)17-11(2)16(20)12-6-7-14(18)15(19)9-12/h3-9,11,17-19H,1-2H3. The molecular formula is C16H17NO3. The monoisotopic (exact) mass is 271 g/mol. The fraction of sp³-hybridized carbons (Fsp3) is 0.188. The van der Waals surface area contributed by atoms with E-state index in [1.807, 2.05) is 31.2 Å². The third-order valence-electron chi connectivity index (χ3n) is 3.05. The van der Waals surface area contributed by atoms with Gasteiger partial charge in [-0.25, -0.2) is 0 Å². The lowest BCUT2D eigenvalue weighted by Crippen LogP contribution is -2.26. The van der Waals surface area contributed by atoms with Crippen molar-refractivity contribution < 1.29 is 15.0 Å². The summed E-state index contributed by atoms with van der Waals surface area (Å²) >= 11 is 0. The van der Waals surface area contributed by atoms with E-state index in [1.165, 1.54) is 18.2 Å². The zero-order chi connectivity index (χ0) is 14.7. The molecule has 0 aliphatic carbocycles. The lowest BCUT2D eigenvalue weighted by Gasteiger charge is -2.15. The van der Waals surface area contributed by atoms with Crippen molar-refractivity contribution in [3.05, 3.63) is 53.6 Å². The molecule has 104 valence electrons. The van der Waals surface area contributed by atoms with Crippen molar-refractivity contribution >= 4 is 11.5 Å². The molecule has 4 heteroatoms. The number of ketones is 1. The predicted molar refractivity (Wildman–Crippen MR) is 78.4 cm³/mol. The zero-order valence-corrected chi connectivity index (χ0v) is 11.4. The quantitative estimate of drug-likeness (QED) is 0.590. The van der Waals surface area contributed by atoms with E-state index in [4.69, 9.17) is 0 Å². The number of phenols is 2. The van der Waals surface area contributed by atoms with Gasteiger partial charge in [0.2, 0.25) is 0 Å². The Morgan fingerprint density at radius 3 is 2.50 bits per heavy atom. The Morgan fingerprint density at radius 1 is 1.10 bits per heavy atom. The Morgan fingerprint density at radius 2 is 1.85 bits per heavy atom. The molecule has 0 radical (unpaired) electrons. The third kappa shape index (κ3) is 3.09. The van der Waals surface area contributed by atoms with Crippen molar-refractivity contribution in [3.63, 3.8) is 0 Å². The van der Waals surface area contributed by atoms with Crippen molar-refractivity contribution in [1.82, 2.24) is 0 Å². The van der Waals surface area contributed by atoms with E-state index < -0.39 is 6.04 Å². The van der Waals surface area contributed by atoms with Crippen LogP contribution in [0, 0.1) is 6.92 Å². The number of phenolic OH excluding ortho intramolecular Hbond substituents is 2. The number of hydrogen-bond acceptors (Lipinski definition) is 4. The summed E-state index contributed by atoms with van der Waals surface area (Å²) in [5.41, 5.74) is 2.33. The number of nitrogens with one attached hydrogen (secondary N) is 1. The average molecular weight is 271 g/mol. The van der Waals surface area contributed by atoms with Crippen LogP contribution < -0.4 is 5.32 Å². The number of rotatable bonds is 4. The van der Waals surface area contributed by atoms with Crippen molar-refractivity contribution in [2.75, 3.05) is 5.32 Å². The normalized spacial score (nSPS) is 11.9. The van der Waals surface area contributed by atoms with Crippen molar-refractivity contribution in [1.29, 1.82) is 0 Å². The Balaban J connectivity index is 2.14. The van der Waals surface area contributed by atoms with Gasteiger partial charge in [-0.3, -0.25) is 4.79 Å². The summed E-state index contributed by atoms with van der Waals surface area (Å²) in [4.78, 5) is 12.2. The van der Waals surface area contributed by atoms with Gasteiger partial charge in [0.05, 0.1) is 6.04 Å². The van der Waals surface area contributed by atoms with E-state index in [0.717, 1.165) is 11.3 Å². The summed E-state index contributed by atoms with van der Waals surface area (Å²) < 4.78 is 0. The van der Waals surface area contributed by atoms with Gasteiger partial charge in [0.15, 0.2) is 17.3 Å². The maximum atomic E-state index is 12.2. The zero-order valence-electron chi connectivity index (χ0n) is 11.4. The number of anilines is 1. The van der Waals surface area contributed by atoms with E-state index in [1.54, 1.807) is 6.92 Å². The first kappa shape index (κ1) is 13.9. The molecule has 2 aromatic carbocycles. The summed E-state index contributed by atoms with van der Waals surface area (Å²) in [6.45, 7) is 3.74. The first-order chi connectivity index (χ1) is 9.47. The van der Waals surface area contributed by atoms with Gasteiger partial charge < -0.3 is 15.5 Å². The number of benzene rings is 2. The van der Waals surface area contributed by atoms with Crippen LogP contribution in [0.15, 0.2) is 42.5 Å². The fourth-order valence-electron chi connectivity index (χ4n) is 1.98. The summed E-state index contributed by atoms with van der Waals surface area (Å²) in [5.74, 6) is -0.679. The summed E-state index contributed by atoms with van der Waals surface area (Å²) in [5, 5.41) is 21.8. The van der Waals surface area contributed by atoms with Crippen molar-refractivity contribution in [2.24, 2.45) is 0 Å². The molecule has 4 nitrogen and oxygen atoms in total. The van der Waals surface area contributed by atoms with Gasteiger partial charge in [0.25, 0.3) is 0 Å². The first-order valence-electron chi connectivity index (χ1n) is 6.37. The smallest absolute Gasteiger partial charge is 0.184 e. The second-order valence-electron chi connectivity index (χ2n) is 4.80. The molecule has 3 N–H and O–H groups in total. The average Bonchev–Trinajstić information content (AvgIpc) is 2.41. The molecule has 0 aliphatic rings. The summed E-state index contributed by atoms with van der Waals surface area (Å²) in [6, 6.07) is 11.4. The SMILES string of the molecule is Cc1cccc(NC(C)C(=O)c2ccc(O)c(O)c2)c1. The molecule has 0 heterocycles. The molecule has 0 saturated carbocycles. The van der Waals surface area contributed by atoms with Crippen LogP contribution in [-0.4, -0.2) is 22.0 Å². The molecule has 0 aliphatic heterocycles. The van der Waals surface area contributed by atoms with Crippen LogP contribution in [0.5, 0.6) is 11.5 Å². The molecule has 2 aromatic rings. The minimum absolute atomic E-state index is 0.151. The molecule has 2 rings (SSSR count). The highest BCUT2D eigenvalue weighted by Crippen LogP contribution is 2.25. The highest BCUT2D eigenvalue weighted by molar-refractivity contribution is 6.01. The molecule has 0 fully saturated rings. The van der Waals surface area contributed by atoms with Crippen LogP contribution in [0.3, 0.4) is 0 Å². The summed E-state index contributed by atoms with van der Waals surface area (Å²) in [7, 11) is 0. The van der Waals surface area contributed by atoms with E-state index >= 15 is 0 Å². The molecule has 0 saturated heterocycles. The number of Topliss-reactive ketones (excluding diaryl/α,β-unsaturated/α-hetero) is 1. The van der Waals surface area contributed by atoms with Gasteiger partial charge in [0, 0.05) is 11.3 Å². The Kier molecular flexibility index (Phi) is 3.94. The van der Waals surface area contributed by atoms with E-state index in [9.17, 15) is 15.0 Å². The van der Waals surface area contributed by atoms with Crippen LogP contribution >= 0.6 is 0 Å². The molecule has 20 heavy (non-hydrogen) atoms. The Hall–Kier alpha value is -2.49. The van der Waals surface area contributed by atoms with Crippen LogP contribution in [0.4, 0.5) is 5.69 Å². The maximum Gasteiger partial charge on any atom is 0.184 e. The van der Waals surface area contributed by atoms with Crippen LogP contribution in [-0.2, 0) is 0 Å². The first-order valence-corrected chi connectivity index (χ1v) is 6.37. The van der Waals surface area contributed by atoms with E-state index in [0.29, 0.717) is 5.56 Å². The largest absolute Gasteiger partial charge is 0.504 e.